The summed E-state index contributed by atoms with van der Waals surface area (Å²) in [6.45, 7) is 5.54. The first-order valence-electron chi connectivity index (χ1n) is 9.13. The number of benzene rings is 2. The van der Waals surface area contributed by atoms with Gasteiger partial charge in [-0.05, 0) is 43.4 Å². The van der Waals surface area contributed by atoms with E-state index in [1.807, 2.05) is 11.0 Å². The Morgan fingerprint density at radius 2 is 1.80 bits per heavy atom. The zero-order valence-electron chi connectivity index (χ0n) is 14.9. The van der Waals surface area contributed by atoms with E-state index in [4.69, 9.17) is 4.74 Å². The van der Waals surface area contributed by atoms with Crippen LogP contribution in [0.5, 0.6) is 0 Å². The molecular formula is C22H25NO2. The number of nitrogens with zero attached hydrogens (tertiary/aromatic N) is 1. The lowest BCUT2D eigenvalue weighted by Gasteiger charge is -2.36. The largest absolute Gasteiger partial charge is 0.363 e. The highest BCUT2D eigenvalue weighted by molar-refractivity contribution is 5.81. The van der Waals surface area contributed by atoms with E-state index in [2.05, 4.69) is 62.4 Å². The molecule has 1 amide bonds. The van der Waals surface area contributed by atoms with E-state index >= 15 is 0 Å². The van der Waals surface area contributed by atoms with Crippen molar-refractivity contribution in [3.8, 4) is 0 Å². The molecule has 0 bridgehead atoms. The van der Waals surface area contributed by atoms with E-state index in [-0.39, 0.29) is 23.5 Å². The van der Waals surface area contributed by atoms with Crippen molar-refractivity contribution in [2.45, 2.75) is 50.9 Å². The van der Waals surface area contributed by atoms with Gasteiger partial charge in [-0.25, -0.2) is 0 Å². The molecule has 0 spiro atoms. The topological polar surface area (TPSA) is 29.5 Å². The molecule has 0 saturated carbocycles. The monoisotopic (exact) mass is 335 g/mol. The van der Waals surface area contributed by atoms with Gasteiger partial charge < -0.3 is 9.64 Å². The molecule has 2 heterocycles. The normalized spacial score (nSPS) is 24.8. The summed E-state index contributed by atoms with van der Waals surface area (Å²) in [5, 5.41) is 0. The highest BCUT2D eigenvalue weighted by Crippen LogP contribution is 2.36. The number of rotatable bonds is 2. The van der Waals surface area contributed by atoms with E-state index in [0.717, 1.165) is 19.4 Å². The molecular weight excluding hydrogens is 310 g/mol. The van der Waals surface area contributed by atoms with E-state index in [0.29, 0.717) is 6.54 Å². The first-order valence-corrected chi connectivity index (χ1v) is 9.13. The Labute approximate surface area is 149 Å². The average Bonchev–Trinajstić information content (AvgIpc) is 3.00. The van der Waals surface area contributed by atoms with Crippen LogP contribution in [0.4, 0.5) is 0 Å². The molecule has 2 aromatic carbocycles. The number of hydrogen-bond donors (Lipinski definition) is 0. The summed E-state index contributed by atoms with van der Waals surface area (Å²) in [4.78, 5) is 15.1. The second-order valence-corrected chi connectivity index (χ2v) is 7.79. The Balaban J connectivity index is 1.63. The van der Waals surface area contributed by atoms with Gasteiger partial charge in [0.2, 0.25) is 0 Å². The SMILES string of the molecule is CC1(C)CCC(C(=O)N2Cc3ccccc3C(c3ccccc3)C2)O1. The number of carbonyl (C=O) groups is 1. The Bertz CT molecular complexity index is 769. The molecule has 3 heteroatoms. The summed E-state index contributed by atoms with van der Waals surface area (Å²) in [5.74, 6) is 0.366. The fraction of sp³-hybridized carbons (Fsp3) is 0.409. The molecule has 0 aromatic heterocycles. The van der Waals surface area contributed by atoms with Crippen LogP contribution in [0.3, 0.4) is 0 Å². The van der Waals surface area contributed by atoms with Gasteiger partial charge in [0.15, 0.2) is 0 Å². The van der Waals surface area contributed by atoms with E-state index in [1.165, 1.54) is 16.7 Å². The molecule has 130 valence electrons. The summed E-state index contributed by atoms with van der Waals surface area (Å²) in [6.07, 6.45) is 1.47. The van der Waals surface area contributed by atoms with E-state index in [9.17, 15) is 4.79 Å². The van der Waals surface area contributed by atoms with Gasteiger partial charge in [-0.15, -0.1) is 0 Å². The van der Waals surface area contributed by atoms with Gasteiger partial charge in [0.05, 0.1) is 5.60 Å². The highest BCUT2D eigenvalue weighted by atomic mass is 16.5. The molecule has 2 aromatic rings. The second-order valence-electron chi connectivity index (χ2n) is 7.79. The van der Waals surface area contributed by atoms with Crippen LogP contribution in [-0.4, -0.2) is 29.1 Å². The number of hydrogen-bond acceptors (Lipinski definition) is 2. The molecule has 2 unspecified atom stereocenters. The van der Waals surface area contributed by atoms with Gasteiger partial charge in [-0.3, -0.25) is 4.79 Å². The van der Waals surface area contributed by atoms with Crippen LogP contribution in [0.1, 0.15) is 49.3 Å². The Morgan fingerprint density at radius 3 is 2.52 bits per heavy atom. The van der Waals surface area contributed by atoms with Crippen LogP contribution < -0.4 is 0 Å². The molecule has 0 aliphatic carbocycles. The molecule has 25 heavy (non-hydrogen) atoms. The van der Waals surface area contributed by atoms with E-state index in [1.54, 1.807) is 0 Å². The Kier molecular flexibility index (Phi) is 4.12. The highest BCUT2D eigenvalue weighted by Gasteiger charge is 2.39. The summed E-state index contributed by atoms with van der Waals surface area (Å²) >= 11 is 0. The standard InChI is InChI=1S/C22H25NO2/c1-22(2)13-12-20(25-22)21(24)23-14-17-10-6-7-11-18(17)19(15-23)16-8-4-3-5-9-16/h3-11,19-20H,12-15H2,1-2H3. The van der Waals surface area contributed by atoms with Gasteiger partial charge in [0, 0.05) is 19.0 Å². The minimum Gasteiger partial charge on any atom is -0.363 e. The third-order valence-corrected chi connectivity index (χ3v) is 5.45. The number of fused-ring (bicyclic) bond motifs is 1. The maximum absolute atomic E-state index is 13.1. The molecule has 2 atom stereocenters. The van der Waals surface area contributed by atoms with Gasteiger partial charge in [0.1, 0.15) is 6.10 Å². The van der Waals surface area contributed by atoms with Crippen molar-refractivity contribution in [1.82, 2.24) is 4.90 Å². The van der Waals surface area contributed by atoms with Crippen LogP contribution >= 0.6 is 0 Å². The second kappa shape index (κ2) is 6.30. The lowest BCUT2D eigenvalue weighted by atomic mass is 9.84. The number of ether oxygens (including phenoxy) is 1. The number of carbonyl (C=O) groups excluding carboxylic acids is 1. The van der Waals surface area contributed by atoms with Crippen LogP contribution in [0.2, 0.25) is 0 Å². The predicted octanol–water partition coefficient (Wildman–Crippen LogP) is 4.12. The minimum absolute atomic E-state index is 0.140. The maximum atomic E-state index is 13.1. The lowest BCUT2D eigenvalue weighted by Crippen LogP contribution is -2.44. The zero-order chi connectivity index (χ0) is 17.4. The van der Waals surface area contributed by atoms with Crippen molar-refractivity contribution < 1.29 is 9.53 Å². The minimum atomic E-state index is -0.295. The summed E-state index contributed by atoms with van der Waals surface area (Å²) in [5.41, 5.74) is 3.66. The third kappa shape index (κ3) is 3.21. The van der Waals surface area contributed by atoms with Gasteiger partial charge >= 0.3 is 0 Å². The summed E-state index contributed by atoms with van der Waals surface area (Å²) < 4.78 is 6.00. The zero-order valence-corrected chi connectivity index (χ0v) is 14.9. The Morgan fingerprint density at radius 1 is 1.08 bits per heavy atom. The smallest absolute Gasteiger partial charge is 0.252 e. The van der Waals surface area contributed by atoms with Crippen LogP contribution in [0.25, 0.3) is 0 Å². The average molecular weight is 335 g/mol. The lowest BCUT2D eigenvalue weighted by molar-refractivity contribution is -0.147. The van der Waals surface area contributed by atoms with Crippen molar-refractivity contribution in [2.75, 3.05) is 6.54 Å². The van der Waals surface area contributed by atoms with Crippen molar-refractivity contribution in [3.05, 3.63) is 71.3 Å². The predicted molar refractivity (Wildman–Crippen MR) is 98.3 cm³/mol. The molecule has 4 rings (SSSR count). The van der Waals surface area contributed by atoms with Gasteiger partial charge in [0.25, 0.3) is 5.91 Å². The molecule has 1 saturated heterocycles. The van der Waals surface area contributed by atoms with Gasteiger partial charge in [-0.2, -0.15) is 0 Å². The van der Waals surface area contributed by atoms with Crippen molar-refractivity contribution in [1.29, 1.82) is 0 Å². The van der Waals surface area contributed by atoms with Crippen molar-refractivity contribution in [2.24, 2.45) is 0 Å². The molecule has 0 N–H and O–H groups in total. The van der Waals surface area contributed by atoms with Crippen LogP contribution in [0, 0.1) is 0 Å². The number of amides is 1. The molecule has 0 radical (unpaired) electrons. The van der Waals surface area contributed by atoms with Gasteiger partial charge in [-0.1, -0.05) is 54.6 Å². The maximum Gasteiger partial charge on any atom is 0.252 e. The molecule has 1 fully saturated rings. The molecule has 2 aliphatic heterocycles. The van der Waals surface area contributed by atoms with Crippen molar-refractivity contribution in [3.63, 3.8) is 0 Å². The first-order chi connectivity index (χ1) is 12.0. The third-order valence-electron chi connectivity index (χ3n) is 5.45. The van der Waals surface area contributed by atoms with Crippen LogP contribution in [0.15, 0.2) is 54.6 Å². The summed E-state index contributed by atoms with van der Waals surface area (Å²) in [7, 11) is 0. The van der Waals surface area contributed by atoms with Crippen LogP contribution in [-0.2, 0) is 16.1 Å². The van der Waals surface area contributed by atoms with Crippen molar-refractivity contribution >= 4 is 5.91 Å². The molecule has 2 aliphatic rings. The Hall–Kier alpha value is -2.13. The fourth-order valence-corrected chi connectivity index (χ4v) is 4.10. The summed E-state index contributed by atoms with van der Waals surface area (Å²) in [6, 6.07) is 19.0. The van der Waals surface area contributed by atoms with E-state index < -0.39 is 0 Å². The fourth-order valence-electron chi connectivity index (χ4n) is 4.10. The molecule has 3 nitrogen and oxygen atoms in total. The first kappa shape index (κ1) is 16.3. The quantitative estimate of drug-likeness (QED) is 0.826.